The Morgan fingerprint density at radius 1 is 1.25 bits per heavy atom. The lowest BCUT2D eigenvalue weighted by atomic mass is 10.1. The molecule has 1 unspecified atom stereocenters. The third-order valence-corrected chi connectivity index (χ3v) is 3.41. The van der Waals surface area contributed by atoms with Gasteiger partial charge in [-0.05, 0) is 36.8 Å². The molecule has 0 aliphatic heterocycles. The van der Waals surface area contributed by atoms with E-state index in [4.69, 9.17) is 9.47 Å². The molecule has 0 spiro atoms. The molecule has 24 heavy (non-hydrogen) atoms. The predicted molar refractivity (Wildman–Crippen MR) is 91.8 cm³/mol. The lowest BCUT2D eigenvalue weighted by Gasteiger charge is -2.16. The van der Waals surface area contributed by atoms with Crippen molar-refractivity contribution in [3.05, 3.63) is 59.9 Å². The summed E-state index contributed by atoms with van der Waals surface area (Å²) in [5.41, 5.74) is 1.84. The molecule has 0 bridgehead atoms. The van der Waals surface area contributed by atoms with Gasteiger partial charge in [-0.25, -0.2) is 4.79 Å². The second kappa shape index (κ2) is 9.52. The number of urea groups is 1. The molecule has 2 rings (SSSR count). The molecule has 0 saturated carbocycles. The Bertz CT molecular complexity index is 634. The fourth-order valence-electron chi connectivity index (χ4n) is 2.11. The van der Waals surface area contributed by atoms with Crippen molar-refractivity contribution in [2.45, 2.75) is 19.6 Å². The van der Waals surface area contributed by atoms with E-state index in [1.165, 1.54) is 0 Å². The van der Waals surface area contributed by atoms with Gasteiger partial charge >= 0.3 is 6.03 Å². The number of hydrogen-bond donors (Lipinski definition) is 2. The molecule has 1 aromatic carbocycles. The van der Waals surface area contributed by atoms with E-state index < -0.39 is 0 Å². The topological polar surface area (TPSA) is 72.5 Å². The van der Waals surface area contributed by atoms with E-state index in [2.05, 4.69) is 15.6 Å². The molecule has 2 N–H and O–H groups in total. The predicted octanol–water partition coefficient (Wildman–Crippen LogP) is 2.67. The van der Waals surface area contributed by atoms with Crippen molar-refractivity contribution in [3.63, 3.8) is 0 Å². The number of nitrogens with one attached hydrogen (secondary N) is 2. The molecule has 6 heteroatoms. The molecule has 128 valence electrons. The van der Waals surface area contributed by atoms with Gasteiger partial charge in [0.05, 0.1) is 18.3 Å². The van der Waals surface area contributed by atoms with E-state index in [9.17, 15) is 4.79 Å². The zero-order valence-corrected chi connectivity index (χ0v) is 14.0. The zero-order chi connectivity index (χ0) is 17.2. The molecule has 0 radical (unpaired) electrons. The van der Waals surface area contributed by atoms with Gasteiger partial charge in [-0.3, -0.25) is 4.98 Å². The summed E-state index contributed by atoms with van der Waals surface area (Å²) in [6.07, 6.45) is 1.74. The first-order valence-electron chi connectivity index (χ1n) is 7.85. The quantitative estimate of drug-likeness (QED) is 0.730. The number of carbonyl (C=O) groups excluding carboxylic acids is 1. The highest BCUT2D eigenvalue weighted by atomic mass is 16.5. The van der Waals surface area contributed by atoms with Gasteiger partial charge in [0.15, 0.2) is 0 Å². The van der Waals surface area contributed by atoms with Crippen molar-refractivity contribution >= 4 is 6.03 Å². The summed E-state index contributed by atoms with van der Waals surface area (Å²) in [6, 6.07) is 13.0. The maximum atomic E-state index is 11.8. The highest BCUT2D eigenvalue weighted by molar-refractivity contribution is 5.74. The Hall–Kier alpha value is -2.60. The van der Waals surface area contributed by atoms with Gasteiger partial charge in [0, 0.05) is 19.9 Å². The summed E-state index contributed by atoms with van der Waals surface area (Å²) in [4.78, 5) is 16.0. The lowest BCUT2D eigenvalue weighted by molar-refractivity contribution is 0.195. The number of rotatable bonds is 8. The van der Waals surface area contributed by atoms with E-state index in [-0.39, 0.29) is 12.1 Å². The van der Waals surface area contributed by atoms with Crippen LogP contribution in [0, 0.1) is 0 Å². The van der Waals surface area contributed by atoms with Crippen LogP contribution in [-0.4, -0.2) is 31.3 Å². The molecule has 0 aliphatic carbocycles. The first kappa shape index (κ1) is 17.7. The maximum Gasteiger partial charge on any atom is 0.315 e. The molecule has 2 aromatic rings. The smallest absolute Gasteiger partial charge is 0.315 e. The Kier molecular flexibility index (Phi) is 7.04. The minimum atomic E-state index is -0.223. The summed E-state index contributed by atoms with van der Waals surface area (Å²) in [7, 11) is 1.60. The van der Waals surface area contributed by atoms with Crippen molar-refractivity contribution in [3.8, 4) is 5.75 Å². The largest absolute Gasteiger partial charge is 0.487 e. The minimum absolute atomic E-state index is 0.133. The third kappa shape index (κ3) is 5.89. The Morgan fingerprint density at radius 2 is 2.12 bits per heavy atom. The minimum Gasteiger partial charge on any atom is -0.487 e. The molecular formula is C18H23N3O3. The van der Waals surface area contributed by atoms with Crippen LogP contribution >= 0.6 is 0 Å². The van der Waals surface area contributed by atoms with Crippen LogP contribution < -0.4 is 15.4 Å². The number of amides is 2. The first-order chi connectivity index (χ1) is 11.7. The van der Waals surface area contributed by atoms with Crippen LogP contribution in [0.25, 0.3) is 0 Å². The van der Waals surface area contributed by atoms with E-state index in [0.29, 0.717) is 19.8 Å². The summed E-state index contributed by atoms with van der Waals surface area (Å²) in [5.74, 6) is 0.742. The van der Waals surface area contributed by atoms with E-state index in [1.54, 1.807) is 13.3 Å². The summed E-state index contributed by atoms with van der Waals surface area (Å²) in [6.45, 7) is 3.29. The van der Waals surface area contributed by atoms with E-state index in [0.717, 1.165) is 17.0 Å². The highest BCUT2D eigenvalue weighted by Gasteiger charge is 2.10. The molecule has 0 fully saturated rings. The lowest BCUT2D eigenvalue weighted by Crippen LogP contribution is -2.38. The molecule has 0 saturated heterocycles. The third-order valence-electron chi connectivity index (χ3n) is 3.41. The second-order valence-electron chi connectivity index (χ2n) is 5.30. The SMILES string of the molecule is COCCNC(=O)NC(C)c1cccc(OCc2ccccn2)c1. The van der Waals surface area contributed by atoms with Gasteiger partial charge in [-0.2, -0.15) is 0 Å². The van der Waals surface area contributed by atoms with Crippen LogP contribution in [0.4, 0.5) is 4.79 Å². The molecule has 0 aliphatic rings. The second-order valence-corrected chi connectivity index (χ2v) is 5.30. The van der Waals surface area contributed by atoms with Crippen molar-refractivity contribution in [2.24, 2.45) is 0 Å². The normalized spacial score (nSPS) is 11.6. The number of benzene rings is 1. The van der Waals surface area contributed by atoms with Crippen molar-refractivity contribution < 1.29 is 14.3 Å². The zero-order valence-electron chi connectivity index (χ0n) is 14.0. The van der Waals surface area contributed by atoms with Gasteiger partial charge in [0.2, 0.25) is 0 Å². The average molecular weight is 329 g/mol. The molecule has 1 aromatic heterocycles. The van der Waals surface area contributed by atoms with Crippen molar-refractivity contribution in [1.29, 1.82) is 0 Å². The molecule has 1 heterocycles. The fourth-order valence-corrected chi connectivity index (χ4v) is 2.11. The van der Waals surface area contributed by atoms with Gasteiger partial charge in [0.25, 0.3) is 0 Å². The fraction of sp³-hybridized carbons (Fsp3) is 0.333. The molecule has 6 nitrogen and oxygen atoms in total. The van der Waals surface area contributed by atoms with Gasteiger partial charge in [0.1, 0.15) is 12.4 Å². The summed E-state index contributed by atoms with van der Waals surface area (Å²) < 4.78 is 10.7. The van der Waals surface area contributed by atoms with Crippen LogP contribution in [0.1, 0.15) is 24.2 Å². The number of carbonyl (C=O) groups is 1. The van der Waals surface area contributed by atoms with E-state index >= 15 is 0 Å². The summed E-state index contributed by atoms with van der Waals surface area (Å²) >= 11 is 0. The summed E-state index contributed by atoms with van der Waals surface area (Å²) in [5, 5.41) is 5.61. The first-order valence-corrected chi connectivity index (χ1v) is 7.85. The van der Waals surface area contributed by atoms with Crippen LogP contribution in [0.15, 0.2) is 48.7 Å². The Labute approximate surface area is 142 Å². The molecule has 1 atom stereocenters. The van der Waals surface area contributed by atoms with Crippen LogP contribution in [0.5, 0.6) is 5.75 Å². The van der Waals surface area contributed by atoms with Gasteiger partial charge < -0.3 is 20.1 Å². The van der Waals surface area contributed by atoms with Gasteiger partial charge in [-0.1, -0.05) is 18.2 Å². The maximum absolute atomic E-state index is 11.8. The average Bonchev–Trinajstić information content (AvgIpc) is 2.61. The van der Waals surface area contributed by atoms with Gasteiger partial charge in [-0.15, -0.1) is 0 Å². The van der Waals surface area contributed by atoms with Crippen LogP contribution in [0.2, 0.25) is 0 Å². The molecular weight excluding hydrogens is 306 g/mol. The van der Waals surface area contributed by atoms with Crippen molar-refractivity contribution in [2.75, 3.05) is 20.3 Å². The number of methoxy groups -OCH3 is 1. The number of pyridine rings is 1. The number of hydrogen-bond acceptors (Lipinski definition) is 4. The highest BCUT2D eigenvalue weighted by Crippen LogP contribution is 2.19. The Balaban J connectivity index is 1.88. The van der Waals surface area contributed by atoms with Crippen LogP contribution in [0.3, 0.4) is 0 Å². The van der Waals surface area contributed by atoms with Crippen LogP contribution in [-0.2, 0) is 11.3 Å². The monoisotopic (exact) mass is 329 g/mol. The number of nitrogens with zero attached hydrogens (tertiary/aromatic N) is 1. The number of aromatic nitrogens is 1. The van der Waals surface area contributed by atoms with Crippen molar-refractivity contribution in [1.82, 2.24) is 15.6 Å². The Morgan fingerprint density at radius 3 is 2.88 bits per heavy atom. The standard InChI is InChI=1S/C18H23N3O3/c1-14(21-18(22)20-10-11-23-2)15-6-5-8-17(12-15)24-13-16-7-3-4-9-19-16/h3-9,12,14H,10-11,13H2,1-2H3,(H2,20,21,22). The molecule has 2 amide bonds. The van der Waals surface area contributed by atoms with E-state index in [1.807, 2.05) is 49.4 Å². The number of ether oxygens (including phenoxy) is 2.